The summed E-state index contributed by atoms with van der Waals surface area (Å²) in [7, 11) is 0. The van der Waals surface area contributed by atoms with Gasteiger partial charge < -0.3 is 10.2 Å². The van der Waals surface area contributed by atoms with Gasteiger partial charge in [-0.3, -0.25) is 0 Å². The summed E-state index contributed by atoms with van der Waals surface area (Å²) in [5, 5.41) is 19.7. The van der Waals surface area contributed by atoms with Crippen LogP contribution in [0, 0.1) is 0 Å². The summed E-state index contributed by atoms with van der Waals surface area (Å²) in [6, 6.07) is 7.26. The van der Waals surface area contributed by atoms with E-state index in [1.165, 1.54) is 6.07 Å². The normalized spacial score (nSPS) is 16.9. The number of aliphatic hydroxyl groups is 1. The van der Waals surface area contributed by atoms with E-state index in [0.717, 1.165) is 6.07 Å². The Bertz CT molecular complexity index is 710. The van der Waals surface area contributed by atoms with Crippen molar-refractivity contribution in [3.63, 3.8) is 0 Å². The predicted molar refractivity (Wildman–Crippen MR) is 67.6 cm³/mol. The van der Waals surface area contributed by atoms with Crippen LogP contribution >= 0.6 is 11.6 Å². The Balaban J connectivity index is 2.42. The van der Waals surface area contributed by atoms with Crippen molar-refractivity contribution in [1.29, 1.82) is 0 Å². The lowest BCUT2D eigenvalue weighted by atomic mass is 9.98. The lowest BCUT2D eigenvalue weighted by molar-refractivity contribution is -0.140. The molecule has 2 aromatic rings. The number of hydrogen-bond acceptors (Lipinski definition) is 2. The number of aromatic hydroxyl groups is 1. The number of hydrogen-bond donors (Lipinski definition) is 2. The van der Waals surface area contributed by atoms with E-state index in [0.29, 0.717) is 11.1 Å². The molecule has 1 unspecified atom stereocenters. The average Bonchev–Trinajstić information content (AvgIpc) is 2.63. The van der Waals surface area contributed by atoms with E-state index >= 15 is 0 Å². The zero-order valence-electron chi connectivity index (χ0n) is 9.87. The third-order valence-corrected chi connectivity index (χ3v) is 3.68. The first kappa shape index (κ1) is 13.3. The van der Waals surface area contributed by atoms with Crippen molar-refractivity contribution in [2.75, 3.05) is 0 Å². The number of phenols is 1. The van der Waals surface area contributed by atoms with Crippen molar-refractivity contribution in [2.45, 2.75) is 12.3 Å². The standard InChI is InChI=1S/C14H8ClF3O2/c15-8-5-9(19)12(14(16,17)18)11-10(8)6-3-1-2-4-7(6)13(11)20/h1-5,13,19-20H. The lowest BCUT2D eigenvalue weighted by Gasteiger charge is -2.17. The van der Waals surface area contributed by atoms with Gasteiger partial charge in [-0.25, -0.2) is 0 Å². The van der Waals surface area contributed by atoms with Crippen molar-refractivity contribution in [3.05, 3.63) is 52.0 Å². The highest BCUT2D eigenvalue weighted by molar-refractivity contribution is 6.34. The molecule has 0 spiro atoms. The zero-order chi connectivity index (χ0) is 14.7. The molecular weight excluding hydrogens is 293 g/mol. The first-order chi connectivity index (χ1) is 9.32. The van der Waals surface area contributed by atoms with Gasteiger partial charge in [-0.2, -0.15) is 13.2 Å². The minimum absolute atomic E-state index is 0.0190. The molecule has 0 heterocycles. The van der Waals surface area contributed by atoms with Gasteiger partial charge in [0.2, 0.25) is 0 Å². The van der Waals surface area contributed by atoms with E-state index in [9.17, 15) is 23.4 Å². The third kappa shape index (κ3) is 1.70. The van der Waals surface area contributed by atoms with Gasteiger partial charge in [0.05, 0.1) is 5.02 Å². The Labute approximate surface area is 117 Å². The van der Waals surface area contributed by atoms with Gasteiger partial charge in [-0.05, 0) is 17.2 Å². The number of aliphatic hydroxyl groups excluding tert-OH is 1. The molecule has 6 heteroatoms. The zero-order valence-corrected chi connectivity index (χ0v) is 10.6. The van der Waals surface area contributed by atoms with E-state index in [4.69, 9.17) is 11.6 Å². The molecular formula is C14H8ClF3O2. The predicted octanol–water partition coefficient (Wildman–Crippen LogP) is 4.13. The molecule has 0 fully saturated rings. The molecule has 2 nitrogen and oxygen atoms in total. The number of halogens is 4. The van der Waals surface area contributed by atoms with Gasteiger partial charge in [0.25, 0.3) is 0 Å². The summed E-state index contributed by atoms with van der Waals surface area (Å²) in [4.78, 5) is 0. The van der Waals surface area contributed by atoms with Gasteiger partial charge >= 0.3 is 6.18 Å². The minimum Gasteiger partial charge on any atom is -0.507 e. The Morgan fingerprint density at radius 2 is 1.80 bits per heavy atom. The molecule has 104 valence electrons. The summed E-state index contributed by atoms with van der Waals surface area (Å²) < 4.78 is 39.4. The van der Waals surface area contributed by atoms with Gasteiger partial charge in [0, 0.05) is 11.1 Å². The average molecular weight is 301 g/mol. The second-order valence-corrected chi connectivity index (χ2v) is 4.94. The van der Waals surface area contributed by atoms with E-state index in [-0.39, 0.29) is 16.1 Å². The Morgan fingerprint density at radius 3 is 2.45 bits per heavy atom. The third-order valence-electron chi connectivity index (χ3n) is 3.38. The van der Waals surface area contributed by atoms with E-state index in [1.807, 2.05) is 0 Å². The fourth-order valence-electron chi connectivity index (χ4n) is 2.62. The number of alkyl halides is 3. The highest BCUT2D eigenvalue weighted by Crippen LogP contribution is 2.54. The van der Waals surface area contributed by atoms with Crippen LogP contribution in [0.15, 0.2) is 30.3 Å². The Hall–Kier alpha value is -1.72. The molecule has 0 saturated carbocycles. The summed E-state index contributed by atoms with van der Waals surface area (Å²) in [5.41, 5.74) is -0.699. The number of fused-ring (bicyclic) bond motifs is 3. The molecule has 0 saturated heterocycles. The maximum atomic E-state index is 13.1. The van der Waals surface area contributed by atoms with Crippen LogP contribution in [0.5, 0.6) is 5.75 Å². The van der Waals surface area contributed by atoms with E-state index in [2.05, 4.69) is 0 Å². The molecule has 0 bridgehead atoms. The van der Waals surface area contributed by atoms with Gasteiger partial charge in [-0.15, -0.1) is 0 Å². The summed E-state index contributed by atoms with van der Waals surface area (Å²) in [5.74, 6) is -0.979. The van der Waals surface area contributed by atoms with Gasteiger partial charge in [-0.1, -0.05) is 35.9 Å². The minimum atomic E-state index is -4.78. The first-order valence-electron chi connectivity index (χ1n) is 5.72. The van der Waals surface area contributed by atoms with Crippen LogP contribution < -0.4 is 0 Å². The van der Waals surface area contributed by atoms with Gasteiger partial charge in [0.1, 0.15) is 17.4 Å². The lowest BCUT2D eigenvalue weighted by Crippen LogP contribution is -2.11. The van der Waals surface area contributed by atoms with Crippen molar-refractivity contribution in [2.24, 2.45) is 0 Å². The Kier molecular flexibility index (Phi) is 2.74. The maximum Gasteiger partial charge on any atom is 0.420 e. The second-order valence-electron chi connectivity index (χ2n) is 4.53. The molecule has 0 amide bonds. The van der Waals surface area contributed by atoms with E-state index < -0.39 is 23.6 Å². The number of benzene rings is 2. The van der Waals surface area contributed by atoms with Crippen molar-refractivity contribution in [1.82, 2.24) is 0 Å². The molecule has 2 N–H and O–H groups in total. The quantitative estimate of drug-likeness (QED) is 0.768. The number of rotatable bonds is 0. The van der Waals surface area contributed by atoms with Crippen LogP contribution in [0.1, 0.15) is 22.8 Å². The van der Waals surface area contributed by atoms with Crippen LogP contribution in [0.25, 0.3) is 11.1 Å². The van der Waals surface area contributed by atoms with Crippen LogP contribution in [-0.4, -0.2) is 10.2 Å². The largest absolute Gasteiger partial charge is 0.507 e. The Morgan fingerprint density at radius 1 is 1.15 bits per heavy atom. The second kappa shape index (κ2) is 4.14. The highest BCUT2D eigenvalue weighted by atomic mass is 35.5. The van der Waals surface area contributed by atoms with Crippen LogP contribution in [0.4, 0.5) is 13.2 Å². The summed E-state index contributed by atoms with van der Waals surface area (Å²) in [6.45, 7) is 0. The SMILES string of the molecule is Oc1cc(Cl)c2c(c1C(F)(F)F)C(O)c1ccccc1-2. The fraction of sp³-hybridized carbons (Fsp3) is 0.143. The van der Waals surface area contributed by atoms with Gasteiger partial charge in [0.15, 0.2) is 0 Å². The van der Waals surface area contributed by atoms with Crippen molar-refractivity contribution >= 4 is 11.6 Å². The molecule has 0 aliphatic heterocycles. The highest BCUT2D eigenvalue weighted by Gasteiger charge is 2.43. The van der Waals surface area contributed by atoms with Crippen molar-refractivity contribution in [3.8, 4) is 16.9 Å². The van der Waals surface area contributed by atoms with Crippen molar-refractivity contribution < 1.29 is 23.4 Å². The number of phenolic OH excluding ortho intramolecular Hbond substituents is 1. The molecule has 0 aromatic heterocycles. The van der Waals surface area contributed by atoms with Crippen LogP contribution in [0.3, 0.4) is 0 Å². The first-order valence-corrected chi connectivity index (χ1v) is 6.10. The molecule has 1 aliphatic carbocycles. The molecule has 0 radical (unpaired) electrons. The molecule has 1 aliphatic rings. The molecule has 20 heavy (non-hydrogen) atoms. The monoisotopic (exact) mass is 300 g/mol. The molecule has 1 atom stereocenters. The maximum absolute atomic E-state index is 13.1. The molecule has 3 rings (SSSR count). The van der Waals surface area contributed by atoms with Crippen LogP contribution in [-0.2, 0) is 6.18 Å². The summed E-state index contributed by atoms with van der Waals surface area (Å²) in [6.07, 6.45) is -6.23. The topological polar surface area (TPSA) is 40.5 Å². The van der Waals surface area contributed by atoms with E-state index in [1.54, 1.807) is 18.2 Å². The fourth-order valence-corrected chi connectivity index (χ4v) is 2.93. The molecule has 2 aromatic carbocycles. The smallest absolute Gasteiger partial charge is 0.420 e. The summed E-state index contributed by atoms with van der Waals surface area (Å²) >= 11 is 5.95. The van der Waals surface area contributed by atoms with Crippen LogP contribution in [0.2, 0.25) is 5.02 Å².